The average molecular weight is 207 g/mol. The molecule has 0 spiro atoms. The molecule has 0 radical (unpaired) electrons. The van der Waals surface area contributed by atoms with Gasteiger partial charge in [0.05, 0.1) is 0 Å². The fourth-order valence-electron chi connectivity index (χ4n) is 1.88. The van der Waals surface area contributed by atoms with Crippen molar-refractivity contribution >= 4 is 21.4 Å². The van der Waals surface area contributed by atoms with Crippen LogP contribution in [0.1, 0.15) is 17.9 Å². The number of benzene rings is 1. The van der Waals surface area contributed by atoms with Gasteiger partial charge < -0.3 is 5.73 Å². The molecule has 0 amide bonds. The Morgan fingerprint density at radius 1 is 1.43 bits per heavy atom. The quantitative estimate of drug-likeness (QED) is 0.764. The summed E-state index contributed by atoms with van der Waals surface area (Å²) >= 11 is 1.60. The van der Waals surface area contributed by atoms with Crippen LogP contribution < -0.4 is 5.73 Å². The Labute approximate surface area is 85.3 Å². The molecule has 1 aromatic carbocycles. The van der Waals surface area contributed by atoms with E-state index in [1.165, 1.54) is 17.0 Å². The molecule has 0 unspecified atom stereocenters. The summed E-state index contributed by atoms with van der Waals surface area (Å²) in [4.78, 5) is 0. The molecule has 0 aliphatic heterocycles. The van der Waals surface area contributed by atoms with E-state index in [0.717, 1.165) is 11.1 Å². The summed E-state index contributed by atoms with van der Waals surface area (Å²) in [6.07, 6.45) is 1.07. The molecule has 2 aromatic rings. The summed E-state index contributed by atoms with van der Waals surface area (Å²) in [5, 5.41) is 3.29. The van der Waals surface area contributed by atoms with E-state index >= 15 is 0 Å². The third-order valence-electron chi connectivity index (χ3n) is 2.81. The second kappa shape index (κ2) is 2.78. The number of hydrogen-bond acceptors (Lipinski definition) is 2. The Morgan fingerprint density at radius 2 is 2.21 bits per heavy atom. The van der Waals surface area contributed by atoms with Crippen LogP contribution in [0.3, 0.4) is 0 Å². The van der Waals surface area contributed by atoms with Crippen molar-refractivity contribution in [2.24, 2.45) is 5.73 Å². The maximum atomic E-state index is 12.9. The van der Waals surface area contributed by atoms with Gasteiger partial charge in [-0.3, -0.25) is 0 Å². The summed E-state index contributed by atoms with van der Waals surface area (Å²) in [6, 6.07) is 5.30. The van der Waals surface area contributed by atoms with Gasteiger partial charge in [-0.1, -0.05) is 6.07 Å². The average Bonchev–Trinajstić information content (AvgIpc) is 2.75. The molecule has 14 heavy (non-hydrogen) atoms. The van der Waals surface area contributed by atoms with Gasteiger partial charge in [0.2, 0.25) is 0 Å². The molecule has 72 valence electrons. The molecule has 3 heteroatoms. The van der Waals surface area contributed by atoms with Crippen molar-refractivity contribution in [2.75, 3.05) is 0 Å². The second-order valence-corrected chi connectivity index (χ2v) is 4.75. The lowest BCUT2D eigenvalue weighted by Gasteiger charge is -1.95. The molecule has 1 aliphatic carbocycles. The Hall–Kier alpha value is -0.930. The number of halogens is 1. The first-order chi connectivity index (χ1) is 6.75. The third kappa shape index (κ3) is 1.16. The fraction of sp³-hybridized carbons (Fsp3) is 0.273. The predicted octanol–water partition coefficient (Wildman–Crippen LogP) is 2.86. The molecule has 2 N–H and O–H groups in total. The van der Waals surface area contributed by atoms with Gasteiger partial charge in [-0.2, -0.15) is 0 Å². The monoisotopic (exact) mass is 207 g/mol. The fourth-order valence-corrected chi connectivity index (χ4v) is 2.93. The number of rotatable bonds is 1. The molecule has 1 nitrogen and oxygen atoms in total. The van der Waals surface area contributed by atoms with Crippen molar-refractivity contribution in [3.8, 4) is 0 Å². The summed E-state index contributed by atoms with van der Waals surface area (Å²) in [7, 11) is 0. The van der Waals surface area contributed by atoms with Crippen LogP contribution in [0.4, 0.5) is 4.39 Å². The molecular weight excluding hydrogens is 197 g/mol. The van der Waals surface area contributed by atoms with E-state index in [2.05, 4.69) is 5.38 Å². The SMILES string of the molecule is N[C@@H]1C[C@H]1c1csc2cc(F)ccc12. The van der Waals surface area contributed by atoms with Crippen molar-refractivity contribution in [1.29, 1.82) is 0 Å². The molecule has 0 bridgehead atoms. The molecule has 1 saturated carbocycles. The van der Waals surface area contributed by atoms with Crippen LogP contribution in [0.2, 0.25) is 0 Å². The third-order valence-corrected chi connectivity index (χ3v) is 3.77. The maximum Gasteiger partial charge on any atom is 0.124 e. The van der Waals surface area contributed by atoms with E-state index in [4.69, 9.17) is 5.73 Å². The zero-order valence-corrected chi connectivity index (χ0v) is 8.35. The standard InChI is InChI=1S/C11H10FNS/c12-6-1-2-7-9(8-4-10(8)13)5-14-11(7)3-6/h1-3,5,8,10H,4,13H2/t8-,10+/m0/s1. The highest BCUT2D eigenvalue weighted by Gasteiger charge is 2.36. The molecule has 1 heterocycles. The molecule has 1 aromatic heterocycles. The van der Waals surface area contributed by atoms with Crippen LogP contribution in [0.15, 0.2) is 23.6 Å². The van der Waals surface area contributed by atoms with E-state index in [0.29, 0.717) is 12.0 Å². The van der Waals surface area contributed by atoms with Crippen LogP contribution in [-0.4, -0.2) is 6.04 Å². The summed E-state index contributed by atoms with van der Waals surface area (Å²) in [5.41, 5.74) is 7.11. The van der Waals surface area contributed by atoms with Crippen molar-refractivity contribution in [3.05, 3.63) is 35.0 Å². The molecule has 0 saturated heterocycles. The highest BCUT2D eigenvalue weighted by Crippen LogP contribution is 2.44. The number of fused-ring (bicyclic) bond motifs is 1. The van der Waals surface area contributed by atoms with Crippen molar-refractivity contribution in [1.82, 2.24) is 0 Å². The normalized spacial score (nSPS) is 25.6. The highest BCUT2D eigenvalue weighted by molar-refractivity contribution is 7.17. The lowest BCUT2D eigenvalue weighted by atomic mass is 10.1. The first kappa shape index (κ1) is 8.38. The summed E-state index contributed by atoms with van der Waals surface area (Å²) in [6.45, 7) is 0. The summed E-state index contributed by atoms with van der Waals surface area (Å²) in [5.74, 6) is 0.347. The first-order valence-electron chi connectivity index (χ1n) is 4.68. The Kier molecular flexibility index (Phi) is 1.66. The Morgan fingerprint density at radius 3 is 2.93 bits per heavy atom. The van der Waals surface area contributed by atoms with Gasteiger partial charge in [-0.15, -0.1) is 11.3 Å². The predicted molar refractivity (Wildman–Crippen MR) is 57.1 cm³/mol. The zero-order valence-electron chi connectivity index (χ0n) is 7.53. The van der Waals surface area contributed by atoms with Gasteiger partial charge >= 0.3 is 0 Å². The molecule has 1 aliphatic rings. The van der Waals surface area contributed by atoms with Crippen LogP contribution in [0.25, 0.3) is 10.1 Å². The van der Waals surface area contributed by atoms with Crippen LogP contribution in [-0.2, 0) is 0 Å². The van der Waals surface area contributed by atoms with Gasteiger partial charge in [0.15, 0.2) is 0 Å². The minimum absolute atomic E-state index is 0.161. The van der Waals surface area contributed by atoms with Crippen molar-refractivity contribution in [3.63, 3.8) is 0 Å². The maximum absolute atomic E-state index is 12.9. The van der Waals surface area contributed by atoms with Crippen LogP contribution in [0.5, 0.6) is 0 Å². The smallest absolute Gasteiger partial charge is 0.124 e. The lowest BCUT2D eigenvalue weighted by Crippen LogP contribution is -2.00. The Balaban J connectivity index is 2.17. The summed E-state index contributed by atoms with van der Waals surface area (Å²) < 4.78 is 13.9. The van der Waals surface area contributed by atoms with Gasteiger partial charge in [0.1, 0.15) is 5.82 Å². The molecule has 2 atom stereocenters. The molecule has 1 fully saturated rings. The minimum atomic E-state index is -0.161. The van der Waals surface area contributed by atoms with Crippen molar-refractivity contribution in [2.45, 2.75) is 18.4 Å². The van der Waals surface area contributed by atoms with E-state index in [-0.39, 0.29) is 5.82 Å². The molecular formula is C11H10FNS. The van der Waals surface area contributed by atoms with Gasteiger partial charge in [0, 0.05) is 16.7 Å². The van der Waals surface area contributed by atoms with Gasteiger partial charge in [-0.25, -0.2) is 4.39 Å². The van der Waals surface area contributed by atoms with E-state index in [1.54, 1.807) is 17.4 Å². The van der Waals surface area contributed by atoms with Crippen molar-refractivity contribution < 1.29 is 4.39 Å². The number of nitrogens with two attached hydrogens (primary N) is 1. The Bertz CT molecular complexity index is 491. The zero-order chi connectivity index (χ0) is 9.71. The van der Waals surface area contributed by atoms with E-state index in [9.17, 15) is 4.39 Å². The van der Waals surface area contributed by atoms with Gasteiger partial charge in [0.25, 0.3) is 0 Å². The van der Waals surface area contributed by atoms with Crippen LogP contribution >= 0.6 is 11.3 Å². The number of thiophene rings is 1. The second-order valence-electron chi connectivity index (χ2n) is 3.84. The number of hydrogen-bond donors (Lipinski definition) is 1. The van der Waals surface area contributed by atoms with E-state index < -0.39 is 0 Å². The van der Waals surface area contributed by atoms with E-state index in [1.807, 2.05) is 6.07 Å². The molecule has 3 rings (SSSR count). The van der Waals surface area contributed by atoms with Gasteiger partial charge in [-0.05, 0) is 34.9 Å². The highest BCUT2D eigenvalue weighted by atomic mass is 32.1. The first-order valence-corrected chi connectivity index (χ1v) is 5.56. The lowest BCUT2D eigenvalue weighted by molar-refractivity contribution is 0.630. The van der Waals surface area contributed by atoms with Crippen LogP contribution in [0, 0.1) is 5.82 Å². The largest absolute Gasteiger partial charge is 0.327 e. The minimum Gasteiger partial charge on any atom is -0.327 e. The topological polar surface area (TPSA) is 26.0 Å².